The maximum atomic E-state index is 12.9. The van der Waals surface area contributed by atoms with Crippen LogP contribution in [0.2, 0.25) is 0 Å². The van der Waals surface area contributed by atoms with Crippen molar-refractivity contribution in [2.45, 2.75) is 39.2 Å². The number of hydrogen-bond acceptors (Lipinski definition) is 2. The van der Waals surface area contributed by atoms with Crippen molar-refractivity contribution < 1.29 is 4.79 Å². The van der Waals surface area contributed by atoms with Crippen molar-refractivity contribution in [2.24, 2.45) is 0 Å². The first-order chi connectivity index (χ1) is 10.1. The second kappa shape index (κ2) is 6.02. The van der Waals surface area contributed by atoms with Crippen LogP contribution in [-0.2, 0) is 6.42 Å². The molecule has 0 spiro atoms. The van der Waals surface area contributed by atoms with E-state index in [2.05, 4.69) is 28.5 Å². The first kappa shape index (κ1) is 14.3. The van der Waals surface area contributed by atoms with E-state index < -0.39 is 0 Å². The van der Waals surface area contributed by atoms with E-state index in [1.54, 1.807) is 11.3 Å². The molecule has 0 unspecified atom stereocenters. The third-order valence-electron chi connectivity index (χ3n) is 4.05. The maximum absolute atomic E-state index is 12.9. The first-order valence-electron chi connectivity index (χ1n) is 7.56. The van der Waals surface area contributed by atoms with E-state index >= 15 is 0 Å². The lowest BCUT2D eigenvalue weighted by Crippen LogP contribution is -2.35. The third-order valence-corrected chi connectivity index (χ3v) is 4.99. The molecule has 0 radical (unpaired) electrons. The summed E-state index contributed by atoms with van der Waals surface area (Å²) < 4.78 is 0. The fraction of sp³-hybridized carbons (Fsp3) is 0.389. The minimum Gasteiger partial charge on any atom is -0.335 e. The fourth-order valence-corrected chi connectivity index (χ4v) is 3.34. The van der Waals surface area contributed by atoms with Crippen LogP contribution >= 0.6 is 11.3 Å². The number of amides is 1. The summed E-state index contributed by atoms with van der Waals surface area (Å²) in [6, 6.07) is 10.8. The quantitative estimate of drug-likeness (QED) is 0.810. The van der Waals surface area contributed by atoms with Crippen molar-refractivity contribution in [3.63, 3.8) is 0 Å². The van der Waals surface area contributed by atoms with Crippen LogP contribution in [0.25, 0.3) is 0 Å². The molecule has 1 aliphatic carbocycles. The number of benzene rings is 1. The Balaban J connectivity index is 1.77. The van der Waals surface area contributed by atoms with Gasteiger partial charge in [0.15, 0.2) is 0 Å². The average molecular weight is 299 g/mol. The van der Waals surface area contributed by atoms with Gasteiger partial charge in [-0.3, -0.25) is 4.79 Å². The molecule has 0 aliphatic heterocycles. The van der Waals surface area contributed by atoms with E-state index in [4.69, 9.17) is 0 Å². The number of nitrogens with zero attached hydrogens (tertiary/aromatic N) is 1. The van der Waals surface area contributed by atoms with Gasteiger partial charge in [0.2, 0.25) is 0 Å². The van der Waals surface area contributed by atoms with Gasteiger partial charge in [-0.2, -0.15) is 0 Å². The highest BCUT2D eigenvalue weighted by Crippen LogP contribution is 2.29. The molecule has 0 atom stereocenters. The maximum Gasteiger partial charge on any atom is 0.254 e. The van der Waals surface area contributed by atoms with Crippen molar-refractivity contribution in [1.82, 2.24) is 4.90 Å². The molecule has 2 aromatic rings. The molecule has 0 bridgehead atoms. The van der Waals surface area contributed by atoms with Crippen molar-refractivity contribution in [3.05, 3.63) is 57.3 Å². The molecule has 1 heterocycles. The van der Waals surface area contributed by atoms with Gasteiger partial charge in [-0.15, -0.1) is 11.3 Å². The Morgan fingerprint density at radius 3 is 2.76 bits per heavy atom. The monoisotopic (exact) mass is 299 g/mol. The number of aryl methyl sites for hydroxylation is 2. The molecule has 110 valence electrons. The number of carbonyl (C=O) groups is 1. The molecule has 1 aromatic heterocycles. The highest BCUT2D eigenvalue weighted by atomic mass is 32.1. The van der Waals surface area contributed by atoms with Crippen LogP contribution in [0, 0.1) is 13.8 Å². The minimum absolute atomic E-state index is 0.204. The Kier molecular flexibility index (Phi) is 4.11. The van der Waals surface area contributed by atoms with Gasteiger partial charge >= 0.3 is 0 Å². The van der Waals surface area contributed by atoms with Gasteiger partial charge in [-0.25, -0.2) is 0 Å². The van der Waals surface area contributed by atoms with E-state index in [0.717, 1.165) is 42.5 Å². The largest absolute Gasteiger partial charge is 0.335 e. The van der Waals surface area contributed by atoms with Gasteiger partial charge in [0.1, 0.15) is 0 Å². The predicted molar refractivity (Wildman–Crippen MR) is 88.0 cm³/mol. The molecule has 0 N–H and O–H groups in total. The Labute approximate surface area is 130 Å². The normalized spacial score (nSPS) is 14.2. The molecular weight excluding hydrogens is 278 g/mol. The second-order valence-corrected chi connectivity index (χ2v) is 6.91. The van der Waals surface area contributed by atoms with E-state index in [1.807, 2.05) is 26.0 Å². The zero-order valence-corrected chi connectivity index (χ0v) is 13.5. The summed E-state index contributed by atoms with van der Waals surface area (Å²) >= 11 is 1.77. The van der Waals surface area contributed by atoms with Crippen molar-refractivity contribution in [3.8, 4) is 0 Å². The lowest BCUT2D eigenvalue weighted by Gasteiger charge is -2.23. The summed E-state index contributed by atoms with van der Waals surface area (Å²) in [6.45, 7) is 4.90. The molecule has 3 rings (SSSR count). The fourth-order valence-electron chi connectivity index (χ4n) is 2.64. The average Bonchev–Trinajstić information content (AvgIpc) is 3.17. The number of rotatable bonds is 5. The summed E-state index contributed by atoms with van der Waals surface area (Å²) in [5.41, 5.74) is 3.10. The van der Waals surface area contributed by atoms with Crippen LogP contribution in [0.5, 0.6) is 0 Å². The number of carbonyl (C=O) groups excluding carboxylic acids is 1. The molecule has 1 fully saturated rings. The van der Waals surface area contributed by atoms with Gasteiger partial charge in [-0.1, -0.05) is 23.8 Å². The van der Waals surface area contributed by atoms with E-state index in [0.29, 0.717) is 6.04 Å². The van der Waals surface area contributed by atoms with Crippen molar-refractivity contribution >= 4 is 17.2 Å². The molecule has 2 nitrogen and oxygen atoms in total. The van der Waals surface area contributed by atoms with Gasteiger partial charge in [-0.05, 0) is 56.2 Å². The molecule has 0 saturated heterocycles. The third kappa shape index (κ3) is 3.35. The van der Waals surface area contributed by atoms with E-state index in [-0.39, 0.29) is 5.91 Å². The Morgan fingerprint density at radius 2 is 2.10 bits per heavy atom. The van der Waals surface area contributed by atoms with Gasteiger partial charge in [0.05, 0.1) is 0 Å². The summed E-state index contributed by atoms with van der Waals surface area (Å²) in [4.78, 5) is 16.3. The van der Waals surface area contributed by atoms with Crippen molar-refractivity contribution in [1.29, 1.82) is 0 Å². The molecule has 1 aliphatic rings. The van der Waals surface area contributed by atoms with Crippen molar-refractivity contribution in [2.75, 3.05) is 6.54 Å². The van der Waals surface area contributed by atoms with E-state index in [1.165, 1.54) is 4.88 Å². The second-order valence-electron chi connectivity index (χ2n) is 5.88. The highest BCUT2D eigenvalue weighted by Gasteiger charge is 2.33. The Bertz CT molecular complexity index is 629. The predicted octanol–water partition coefficient (Wildman–Crippen LogP) is 4.21. The molecule has 1 aromatic carbocycles. The van der Waals surface area contributed by atoms with E-state index in [9.17, 15) is 4.79 Å². The van der Waals surface area contributed by atoms with Crippen LogP contribution in [-0.4, -0.2) is 23.4 Å². The summed E-state index contributed by atoms with van der Waals surface area (Å²) in [5, 5.41) is 2.10. The lowest BCUT2D eigenvalue weighted by molar-refractivity contribution is 0.0744. The van der Waals surface area contributed by atoms with Gasteiger partial charge < -0.3 is 4.90 Å². The summed E-state index contributed by atoms with van der Waals surface area (Å²) in [5.74, 6) is 0.204. The number of hydrogen-bond donors (Lipinski definition) is 0. The highest BCUT2D eigenvalue weighted by molar-refractivity contribution is 7.09. The standard InChI is InChI=1S/C18H21NOS/c1-13-5-6-14(2)17(12-13)18(20)19(15-7-8-15)10-9-16-4-3-11-21-16/h3-6,11-12,15H,7-10H2,1-2H3. The molecule has 1 amide bonds. The summed E-state index contributed by atoms with van der Waals surface area (Å²) in [7, 11) is 0. The van der Waals surface area contributed by atoms with Crippen LogP contribution in [0.15, 0.2) is 35.7 Å². The molecule has 21 heavy (non-hydrogen) atoms. The SMILES string of the molecule is Cc1ccc(C)c(C(=O)N(CCc2cccs2)C2CC2)c1. The van der Waals surface area contributed by atoms with Gasteiger partial charge in [0, 0.05) is 23.0 Å². The van der Waals surface area contributed by atoms with Gasteiger partial charge in [0.25, 0.3) is 5.91 Å². The molecular formula is C18H21NOS. The smallest absolute Gasteiger partial charge is 0.254 e. The lowest BCUT2D eigenvalue weighted by atomic mass is 10.0. The van der Waals surface area contributed by atoms with Crippen LogP contribution < -0.4 is 0 Å². The Morgan fingerprint density at radius 1 is 1.29 bits per heavy atom. The first-order valence-corrected chi connectivity index (χ1v) is 8.44. The summed E-state index contributed by atoms with van der Waals surface area (Å²) in [6.07, 6.45) is 3.27. The topological polar surface area (TPSA) is 20.3 Å². The zero-order chi connectivity index (χ0) is 14.8. The number of thiophene rings is 1. The van der Waals surface area contributed by atoms with Crippen LogP contribution in [0.4, 0.5) is 0 Å². The Hall–Kier alpha value is -1.61. The van der Waals surface area contributed by atoms with Crippen LogP contribution in [0.1, 0.15) is 39.2 Å². The minimum atomic E-state index is 0.204. The van der Waals surface area contributed by atoms with Crippen LogP contribution in [0.3, 0.4) is 0 Å². The molecule has 3 heteroatoms. The zero-order valence-electron chi connectivity index (χ0n) is 12.6. The molecule has 1 saturated carbocycles.